The number of nitrogens with one attached hydrogen (secondary N) is 1. The SMILES string of the molecule is CCCCCCc1ccc(C2(c3ccccc3)c3cc4c(cc3-c3sc5cc(C)sc5c32)C(c2ccc(CCCCCC)cc2)(c2ccc(CCCCCC)cc2)c2c-4sc3cc(-c4ccc(-c5c6c(c(-c7ccc(C)s7)c7n[se]nc57)C(=O)NC6=O)s4)sc23)cc1. The van der Waals surface area contributed by atoms with E-state index in [4.69, 9.17) is 7.96 Å². The smallest absolute Gasteiger partial charge is 0.0572 e. The first kappa shape index (κ1) is 60.3. The summed E-state index contributed by atoms with van der Waals surface area (Å²) in [5.41, 5.74) is 20.1. The number of rotatable bonds is 22. The summed E-state index contributed by atoms with van der Waals surface area (Å²) in [5, 5.41) is 2.68. The molecule has 6 aromatic carbocycles. The Morgan fingerprint density at radius 1 is 0.402 bits per heavy atom. The van der Waals surface area contributed by atoms with Crippen LogP contribution in [-0.4, -0.2) is 34.7 Å². The van der Waals surface area contributed by atoms with Crippen molar-refractivity contribution >= 4 is 125 Å². The van der Waals surface area contributed by atoms with E-state index in [0.717, 1.165) is 55.4 Å². The number of aryl methyl sites for hydroxylation is 5. The molecular weight excluding hydrogens is 1310 g/mol. The minimum Gasteiger partial charge on any atom is -0.0587 e. The number of hydrogen-bond donors (Lipinski definition) is 1. The van der Waals surface area contributed by atoms with E-state index in [9.17, 15) is 9.59 Å². The Morgan fingerprint density at radius 2 is 0.848 bits per heavy atom. The predicted molar refractivity (Wildman–Crippen MR) is 394 cm³/mol. The van der Waals surface area contributed by atoms with Gasteiger partial charge in [-0.15, -0.1) is 22.7 Å². The fraction of sp³-hybridized carbons (Fsp3) is 0.275. The van der Waals surface area contributed by atoms with E-state index in [0.29, 0.717) is 16.7 Å². The average molecular weight is 1380 g/mol. The molecule has 16 rings (SSSR count). The van der Waals surface area contributed by atoms with Crippen molar-refractivity contribution in [2.45, 2.75) is 142 Å². The predicted octanol–water partition coefficient (Wildman–Crippen LogP) is 23.0. The van der Waals surface area contributed by atoms with Crippen molar-refractivity contribution in [2.24, 2.45) is 0 Å². The van der Waals surface area contributed by atoms with Gasteiger partial charge in [0.25, 0.3) is 0 Å². The van der Waals surface area contributed by atoms with Gasteiger partial charge in [-0.3, -0.25) is 0 Å². The van der Waals surface area contributed by atoms with Gasteiger partial charge in [-0.05, 0) is 103 Å². The van der Waals surface area contributed by atoms with Crippen molar-refractivity contribution in [2.75, 3.05) is 0 Å². The molecule has 5 nitrogen and oxygen atoms in total. The second-order valence-corrected chi connectivity index (χ2v) is 33.5. The Balaban J connectivity index is 0.926. The third-order valence-corrected chi connectivity index (χ3v) is 28.1. The van der Waals surface area contributed by atoms with E-state index in [1.807, 2.05) is 51.4 Å². The van der Waals surface area contributed by atoms with Crippen LogP contribution < -0.4 is 5.32 Å². The number of imide groups is 1. The zero-order chi connectivity index (χ0) is 62.4. The molecule has 0 radical (unpaired) electrons. The molecular formula is C80H71N3O2S6Se. The summed E-state index contributed by atoms with van der Waals surface area (Å²) in [6, 6.07) is 59.9. The Kier molecular flexibility index (Phi) is 16.1. The molecule has 8 heterocycles. The number of unbranched alkanes of at least 4 members (excludes halogenated alkanes) is 9. The summed E-state index contributed by atoms with van der Waals surface area (Å²) in [5.74, 6) is -0.743. The molecule has 0 fully saturated rings. The maximum atomic E-state index is 14.1. The van der Waals surface area contributed by atoms with Gasteiger partial charge in [0.1, 0.15) is 0 Å². The molecule has 3 aliphatic rings. The average Bonchev–Trinajstić information content (AvgIpc) is 1.49. The van der Waals surface area contributed by atoms with Crippen LogP contribution in [-0.2, 0) is 30.1 Å². The number of carbonyl (C=O) groups excluding carboxylic acids is 2. The summed E-state index contributed by atoms with van der Waals surface area (Å²) in [4.78, 5) is 37.4. The second kappa shape index (κ2) is 24.6. The Labute approximate surface area is 569 Å². The van der Waals surface area contributed by atoms with E-state index in [-0.39, 0.29) is 11.8 Å². The van der Waals surface area contributed by atoms with Gasteiger partial charge in [0.05, 0.1) is 10.1 Å². The number of aromatic nitrogens is 2. The topological polar surface area (TPSA) is 72.0 Å². The van der Waals surface area contributed by atoms with Crippen LogP contribution in [0.1, 0.15) is 189 Å². The summed E-state index contributed by atoms with van der Waals surface area (Å²) >= 11 is 10.7. The quantitative estimate of drug-likeness (QED) is 0.0417. The molecule has 13 aromatic rings. The van der Waals surface area contributed by atoms with Crippen molar-refractivity contribution in [3.05, 3.63) is 234 Å². The van der Waals surface area contributed by atoms with E-state index < -0.39 is 25.8 Å². The van der Waals surface area contributed by atoms with Crippen LogP contribution in [0.5, 0.6) is 0 Å². The standard InChI is InChI=1S/C80H71N3O2S6Se/c1-6-9-12-16-21-48-27-33-52(34-28-48)79(51-24-19-15-20-25-51)57-43-56-58(44-55(57)73-69(79)75-63(90-73)42-47(5)87-75)80(53-35-29-49(30-36-53)22-17-13-10-7-2,54-37-31-50(32-38-54)23-18-14-11-8-3)70-74(56)91-64-45-62(89-76(64)70)59-40-41-61(88-59)66-68-67(77(84)81-78(68)85)65(60-39-26-46(4)86-60)71-72(66)83-92-82-71/h15,19-20,24-45H,6-14,16-18,21-23H2,1-5H3,(H,81,84,85). The van der Waals surface area contributed by atoms with Crippen LogP contribution in [0.2, 0.25) is 0 Å². The number of amides is 2. The zero-order valence-corrected chi connectivity index (χ0v) is 59.2. The van der Waals surface area contributed by atoms with Gasteiger partial charge >= 0.3 is 237 Å². The van der Waals surface area contributed by atoms with Crippen molar-refractivity contribution < 1.29 is 9.59 Å². The number of carbonyl (C=O) groups is 2. The normalized spacial score (nSPS) is 15.3. The summed E-state index contributed by atoms with van der Waals surface area (Å²) in [6.45, 7) is 11.2. The monoisotopic (exact) mass is 1380 g/mol. The number of nitrogens with zero attached hydrogens (tertiary/aromatic N) is 2. The minimum atomic E-state index is -0.665. The van der Waals surface area contributed by atoms with Crippen molar-refractivity contribution in [3.8, 4) is 51.5 Å². The Hall–Kier alpha value is -6.70. The summed E-state index contributed by atoms with van der Waals surface area (Å²) in [6.07, 6.45) is 18.1. The summed E-state index contributed by atoms with van der Waals surface area (Å²) in [7, 11) is 0. The number of fused-ring (bicyclic) bond motifs is 12. The molecule has 0 saturated heterocycles. The van der Waals surface area contributed by atoms with Crippen molar-refractivity contribution in [3.63, 3.8) is 0 Å². The van der Waals surface area contributed by atoms with Crippen molar-refractivity contribution in [1.82, 2.24) is 13.3 Å². The van der Waals surface area contributed by atoms with Crippen LogP contribution in [0.15, 0.2) is 152 Å². The van der Waals surface area contributed by atoms with Gasteiger partial charge in [-0.25, -0.2) is 0 Å². The molecule has 1 atom stereocenters. The van der Waals surface area contributed by atoms with Gasteiger partial charge in [0.15, 0.2) is 0 Å². The zero-order valence-electron chi connectivity index (χ0n) is 52.6. The second-order valence-electron chi connectivity index (χ2n) is 25.6. The van der Waals surface area contributed by atoms with Crippen LogP contribution in [0.3, 0.4) is 0 Å². The Morgan fingerprint density at radius 3 is 1.33 bits per heavy atom. The summed E-state index contributed by atoms with van der Waals surface area (Å²) < 4.78 is 15.4. The molecule has 12 heteroatoms. The molecule has 0 spiro atoms. The molecule has 92 heavy (non-hydrogen) atoms. The number of thiophene rings is 6. The van der Waals surface area contributed by atoms with Gasteiger partial charge in [0.2, 0.25) is 0 Å². The molecule has 0 saturated carbocycles. The number of hydrogen-bond acceptors (Lipinski definition) is 10. The largest absolute Gasteiger partial charge is 0.0587 e. The molecule has 2 amide bonds. The first-order chi connectivity index (χ1) is 45.1. The molecule has 0 bridgehead atoms. The van der Waals surface area contributed by atoms with Crippen LogP contribution in [0.25, 0.3) is 81.3 Å². The molecule has 1 unspecified atom stereocenters. The minimum absolute atomic E-state index is 0.370. The van der Waals surface area contributed by atoms with E-state index in [2.05, 4.69) is 186 Å². The maximum absolute atomic E-state index is 14.1. The van der Waals surface area contributed by atoms with Gasteiger partial charge in [-0.2, -0.15) is 0 Å². The van der Waals surface area contributed by atoms with E-state index >= 15 is 0 Å². The van der Waals surface area contributed by atoms with Crippen LogP contribution in [0.4, 0.5) is 0 Å². The third kappa shape index (κ3) is 9.69. The van der Waals surface area contributed by atoms with Gasteiger partial charge in [0, 0.05) is 20.0 Å². The first-order valence-corrected chi connectivity index (χ1v) is 39.5. The fourth-order valence-corrected chi connectivity index (χ4v) is 24.2. The van der Waals surface area contributed by atoms with Crippen LogP contribution >= 0.6 is 68.0 Å². The van der Waals surface area contributed by atoms with E-state index in [1.54, 1.807) is 22.7 Å². The van der Waals surface area contributed by atoms with Crippen LogP contribution in [0, 0.1) is 13.8 Å². The van der Waals surface area contributed by atoms with Gasteiger partial charge < -0.3 is 0 Å². The molecule has 1 aliphatic heterocycles. The maximum Gasteiger partial charge on any atom is -0.0572 e. The van der Waals surface area contributed by atoms with Crippen molar-refractivity contribution in [1.29, 1.82) is 0 Å². The van der Waals surface area contributed by atoms with Gasteiger partial charge in [-0.1, -0.05) is 182 Å². The molecule has 460 valence electrons. The Bertz CT molecular complexity index is 4930. The fourth-order valence-electron chi connectivity index (χ4n) is 15.5. The first-order valence-electron chi connectivity index (χ1n) is 33.1. The third-order valence-electron chi connectivity index (χ3n) is 19.9. The molecule has 2 aliphatic carbocycles. The molecule has 7 aromatic heterocycles. The number of benzene rings is 6. The molecule has 1 N–H and O–H groups in total. The van der Waals surface area contributed by atoms with E-state index in [1.165, 1.54) is 188 Å².